The molecule has 1 aliphatic heterocycles. The minimum Gasteiger partial charge on any atom is -0.494 e. The fraction of sp³-hybridized carbons (Fsp3) is 0.273. The number of nitrogens with zero attached hydrogens (tertiary/aromatic N) is 2. The van der Waals surface area contributed by atoms with Crippen LogP contribution in [0.4, 0.5) is 5.69 Å². The smallest absolute Gasteiger partial charge is 0.266 e. The summed E-state index contributed by atoms with van der Waals surface area (Å²) in [5.41, 5.74) is 1.73. The van der Waals surface area contributed by atoms with Gasteiger partial charge in [0, 0.05) is 11.6 Å². The first-order chi connectivity index (χ1) is 13.5. The molecule has 146 valence electrons. The third-order valence-corrected chi connectivity index (χ3v) is 5.23. The maximum Gasteiger partial charge on any atom is 0.266 e. The van der Waals surface area contributed by atoms with Crippen LogP contribution < -0.4 is 4.74 Å². The second-order valence-corrected chi connectivity index (χ2v) is 8.24. The lowest BCUT2D eigenvalue weighted by atomic mass is 10.2. The maximum absolute atomic E-state index is 13.0. The van der Waals surface area contributed by atoms with E-state index < -0.39 is 0 Å². The van der Waals surface area contributed by atoms with E-state index in [9.17, 15) is 4.79 Å². The van der Waals surface area contributed by atoms with E-state index in [2.05, 4.69) is 18.8 Å². The highest BCUT2D eigenvalue weighted by molar-refractivity contribution is 8.18. The van der Waals surface area contributed by atoms with E-state index in [0.717, 1.165) is 17.0 Å². The summed E-state index contributed by atoms with van der Waals surface area (Å²) in [4.78, 5) is 20.1. The number of ether oxygens (including phenoxy) is 1. The summed E-state index contributed by atoms with van der Waals surface area (Å²) in [7, 11) is 0. The maximum atomic E-state index is 13.0. The topological polar surface area (TPSA) is 41.9 Å². The molecule has 0 saturated carbocycles. The van der Waals surface area contributed by atoms with Gasteiger partial charge in [-0.3, -0.25) is 9.69 Å². The Morgan fingerprint density at radius 3 is 2.43 bits per heavy atom. The molecule has 1 heterocycles. The zero-order chi connectivity index (χ0) is 20.1. The van der Waals surface area contributed by atoms with Crippen LogP contribution in [0.1, 0.15) is 26.3 Å². The zero-order valence-electron chi connectivity index (χ0n) is 16.2. The van der Waals surface area contributed by atoms with Gasteiger partial charge in [0.05, 0.1) is 17.2 Å². The molecule has 3 rings (SSSR count). The van der Waals surface area contributed by atoms with Crippen LogP contribution >= 0.6 is 23.4 Å². The first-order valence-electron chi connectivity index (χ1n) is 9.24. The number of benzene rings is 2. The molecule has 0 aliphatic carbocycles. The Morgan fingerprint density at radius 1 is 1.14 bits per heavy atom. The van der Waals surface area contributed by atoms with Crippen LogP contribution in [0, 0.1) is 5.92 Å². The van der Waals surface area contributed by atoms with Crippen molar-refractivity contribution in [3.8, 4) is 5.75 Å². The Bertz CT molecular complexity index is 890. The van der Waals surface area contributed by atoms with Gasteiger partial charge in [0.2, 0.25) is 0 Å². The van der Waals surface area contributed by atoms with Gasteiger partial charge in [-0.2, -0.15) is 0 Å². The van der Waals surface area contributed by atoms with E-state index in [1.807, 2.05) is 49.4 Å². The van der Waals surface area contributed by atoms with E-state index in [1.54, 1.807) is 17.0 Å². The Kier molecular flexibility index (Phi) is 6.81. The molecule has 0 atom stereocenters. The Labute approximate surface area is 175 Å². The summed E-state index contributed by atoms with van der Waals surface area (Å²) >= 11 is 7.36. The second-order valence-electron chi connectivity index (χ2n) is 6.79. The minimum atomic E-state index is -0.0136. The largest absolute Gasteiger partial charge is 0.494 e. The molecule has 0 radical (unpaired) electrons. The van der Waals surface area contributed by atoms with Gasteiger partial charge in [-0.25, -0.2) is 4.99 Å². The number of amides is 1. The molecule has 1 saturated heterocycles. The van der Waals surface area contributed by atoms with Gasteiger partial charge in [-0.1, -0.05) is 37.6 Å². The summed E-state index contributed by atoms with van der Waals surface area (Å²) in [6.45, 7) is 7.38. The van der Waals surface area contributed by atoms with Gasteiger partial charge in [0.15, 0.2) is 5.17 Å². The molecule has 1 amide bonds. The fourth-order valence-electron chi connectivity index (χ4n) is 2.72. The van der Waals surface area contributed by atoms with E-state index in [1.165, 1.54) is 11.8 Å². The molecule has 0 unspecified atom stereocenters. The van der Waals surface area contributed by atoms with Crippen molar-refractivity contribution in [3.63, 3.8) is 0 Å². The predicted molar refractivity (Wildman–Crippen MR) is 118 cm³/mol. The third-order valence-electron chi connectivity index (χ3n) is 3.98. The molecule has 0 N–H and O–H groups in total. The van der Waals surface area contributed by atoms with Crippen molar-refractivity contribution in [2.75, 3.05) is 13.2 Å². The summed E-state index contributed by atoms with van der Waals surface area (Å²) in [6, 6.07) is 15.0. The van der Waals surface area contributed by atoms with E-state index in [0.29, 0.717) is 34.2 Å². The highest BCUT2D eigenvalue weighted by Crippen LogP contribution is 2.35. The number of carbonyl (C=O) groups excluding carboxylic acids is 1. The fourth-order valence-corrected chi connectivity index (χ4v) is 3.86. The van der Waals surface area contributed by atoms with Gasteiger partial charge >= 0.3 is 0 Å². The third kappa shape index (κ3) is 5.18. The van der Waals surface area contributed by atoms with Crippen molar-refractivity contribution >= 4 is 46.2 Å². The average Bonchev–Trinajstić information content (AvgIpc) is 2.94. The first-order valence-corrected chi connectivity index (χ1v) is 10.4. The average molecular weight is 415 g/mol. The summed E-state index contributed by atoms with van der Waals surface area (Å²) in [5, 5.41) is 1.35. The number of thioether (sulfide) groups is 1. The lowest BCUT2D eigenvalue weighted by molar-refractivity contribution is -0.122. The molecule has 0 bridgehead atoms. The summed E-state index contributed by atoms with van der Waals surface area (Å²) in [6.07, 6.45) is 1.90. The predicted octanol–water partition coefficient (Wildman–Crippen LogP) is 6.00. The van der Waals surface area contributed by atoms with Crippen molar-refractivity contribution in [2.45, 2.75) is 20.8 Å². The molecule has 1 aliphatic rings. The van der Waals surface area contributed by atoms with E-state index >= 15 is 0 Å². The molecule has 4 nitrogen and oxygen atoms in total. The van der Waals surface area contributed by atoms with Crippen LogP contribution in [0.15, 0.2) is 58.4 Å². The van der Waals surface area contributed by atoms with Gasteiger partial charge in [-0.05, 0) is 72.6 Å². The number of hydrogen-bond donors (Lipinski definition) is 0. The van der Waals surface area contributed by atoms with Crippen molar-refractivity contribution in [1.29, 1.82) is 0 Å². The van der Waals surface area contributed by atoms with E-state index in [-0.39, 0.29) is 5.91 Å². The van der Waals surface area contributed by atoms with Crippen molar-refractivity contribution in [3.05, 3.63) is 64.0 Å². The lowest BCUT2D eigenvalue weighted by Gasteiger charge is -2.17. The van der Waals surface area contributed by atoms with Gasteiger partial charge in [0.25, 0.3) is 5.91 Å². The molecule has 1 fully saturated rings. The van der Waals surface area contributed by atoms with Gasteiger partial charge in [0.1, 0.15) is 5.75 Å². The van der Waals surface area contributed by atoms with Crippen LogP contribution in [0.2, 0.25) is 5.02 Å². The van der Waals surface area contributed by atoms with Crippen LogP contribution in [-0.4, -0.2) is 29.1 Å². The normalized spacial score (nSPS) is 17.2. The lowest BCUT2D eigenvalue weighted by Crippen LogP contribution is -2.32. The molecular weight excluding hydrogens is 392 g/mol. The molecular formula is C22H23ClN2O2S. The number of carbonyl (C=O) groups is 1. The number of aliphatic imine (C=N–C) groups is 1. The number of halogens is 1. The minimum absolute atomic E-state index is 0.0136. The van der Waals surface area contributed by atoms with Crippen molar-refractivity contribution < 1.29 is 9.53 Å². The molecule has 28 heavy (non-hydrogen) atoms. The molecule has 0 spiro atoms. The molecule has 6 heteroatoms. The van der Waals surface area contributed by atoms with Crippen LogP contribution in [-0.2, 0) is 4.79 Å². The highest BCUT2D eigenvalue weighted by atomic mass is 35.5. The molecule has 2 aromatic rings. The van der Waals surface area contributed by atoms with Gasteiger partial charge < -0.3 is 4.74 Å². The quantitative estimate of drug-likeness (QED) is 0.544. The number of rotatable bonds is 6. The zero-order valence-corrected chi connectivity index (χ0v) is 17.8. The summed E-state index contributed by atoms with van der Waals surface area (Å²) < 4.78 is 5.47. The standard InChI is InChI=1S/C22H23ClN2O2S/c1-4-27-19-11-5-16(6-12-19)13-20-21(26)25(14-15(2)3)22(28-20)24-18-9-7-17(23)8-10-18/h5-13,15H,4,14H2,1-3H3/b20-13+,24-22?. The Morgan fingerprint density at radius 2 is 1.82 bits per heavy atom. The van der Waals surface area contributed by atoms with Crippen LogP contribution in [0.5, 0.6) is 5.75 Å². The molecule has 2 aromatic carbocycles. The van der Waals surface area contributed by atoms with Gasteiger partial charge in [-0.15, -0.1) is 0 Å². The number of amidine groups is 1. The van der Waals surface area contributed by atoms with E-state index in [4.69, 9.17) is 16.3 Å². The van der Waals surface area contributed by atoms with Crippen LogP contribution in [0.3, 0.4) is 0 Å². The summed E-state index contributed by atoms with van der Waals surface area (Å²) in [5.74, 6) is 1.14. The monoisotopic (exact) mass is 414 g/mol. The van der Waals surface area contributed by atoms with Crippen molar-refractivity contribution in [2.24, 2.45) is 10.9 Å². The van der Waals surface area contributed by atoms with Crippen LogP contribution in [0.25, 0.3) is 6.08 Å². The number of hydrogen-bond acceptors (Lipinski definition) is 4. The molecule has 0 aromatic heterocycles. The first kappa shape index (κ1) is 20.5. The Balaban J connectivity index is 1.88. The second kappa shape index (κ2) is 9.30. The van der Waals surface area contributed by atoms with Crippen molar-refractivity contribution in [1.82, 2.24) is 4.90 Å². The Hall–Kier alpha value is -2.24. The SMILES string of the molecule is CCOc1ccc(/C=C2/SC(=Nc3ccc(Cl)cc3)N(CC(C)C)C2=O)cc1. The highest BCUT2D eigenvalue weighted by Gasteiger charge is 2.33.